The van der Waals surface area contributed by atoms with E-state index in [-0.39, 0.29) is 5.91 Å². The van der Waals surface area contributed by atoms with Crippen molar-refractivity contribution in [2.24, 2.45) is 0 Å². The lowest BCUT2D eigenvalue weighted by atomic mass is 10.1. The van der Waals surface area contributed by atoms with Gasteiger partial charge in [0, 0.05) is 19.7 Å². The summed E-state index contributed by atoms with van der Waals surface area (Å²) in [6, 6.07) is 7.89. The van der Waals surface area contributed by atoms with Crippen LogP contribution in [0.5, 0.6) is 0 Å². The quantitative estimate of drug-likeness (QED) is 0.739. The van der Waals surface area contributed by atoms with Crippen molar-refractivity contribution in [1.29, 1.82) is 0 Å². The monoisotopic (exact) mass is 203 g/mol. The molecule has 2 heteroatoms. The molecule has 0 aromatic heterocycles. The van der Waals surface area contributed by atoms with Crippen LogP contribution in [0.3, 0.4) is 0 Å². The zero-order valence-corrected chi connectivity index (χ0v) is 9.58. The van der Waals surface area contributed by atoms with Gasteiger partial charge in [-0.2, -0.15) is 0 Å². The van der Waals surface area contributed by atoms with Gasteiger partial charge in [0.1, 0.15) is 0 Å². The van der Waals surface area contributed by atoms with Crippen LogP contribution in [-0.4, -0.2) is 13.0 Å². The molecule has 0 saturated heterocycles. The summed E-state index contributed by atoms with van der Waals surface area (Å²) in [5.41, 5.74) is 3.17. The molecule has 80 valence electrons. The first-order chi connectivity index (χ1) is 7.06. The molecule has 1 aromatic carbocycles. The molecule has 15 heavy (non-hydrogen) atoms. The second-order valence-electron chi connectivity index (χ2n) is 3.58. The Morgan fingerprint density at radius 3 is 2.27 bits per heavy atom. The maximum absolute atomic E-state index is 11.1. The third-order valence-corrected chi connectivity index (χ3v) is 2.56. The van der Waals surface area contributed by atoms with Gasteiger partial charge in [0.2, 0.25) is 5.91 Å². The summed E-state index contributed by atoms with van der Waals surface area (Å²) in [5, 5.41) is 0. The molecule has 0 atom stereocenters. The van der Waals surface area contributed by atoms with Gasteiger partial charge in [-0.25, -0.2) is 0 Å². The van der Waals surface area contributed by atoms with Crippen LogP contribution in [0.25, 0.3) is 5.57 Å². The molecule has 0 fully saturated rings. The lowest BCUT2D eigenvalue weighted by molar-refractivity contribution is -0.116. The molecule has 1 aromatic rings. The van der Waals surface area contributed by atoms with Crippen LogP contribution in [-0.2, 0) is 4.79 Å². The number of amides is 1. The summed E-state index contributed by atoms with van der Waals surface area (Å²) in [7, 11) is 1.77. The summed E-state index contributed by atoms with van der Waals surface area (Å²) < 4.78 is 0. The van der Waals surface area contributed by atoms with E-state index in [0.717, 1.165) is 23.2 Å². The Morgan fingerprint density at radius 1 is 1.33 bits per heavy atom. The molecule has 0 N–H and O–H groups in total. The van der Waals surface area contributed by atoms with E-state index in [0.29, 0.717) is 0 Å². The smallest absolute Gasteiger partial charge is 0.223 e. The summed E-state index contributed by atoms with van der Waals surface area (Å²) in [6.45, 7) is 7.61. The molecule has 2 nitrogen and oxygen atoms in total. The number of carbonyl (C=O) groups excluding carboxylic acids is 1. The fourth-order valence-electron chi connectivity index (χ4n) is 1.31. The normalized spacial score (nSPS) is 9.80. The zero-order valence-electron chi connectivity index (χ0n) is 9.58. The molecule has 0 aliphatic rings. The highest BCUT2D eigenvalue weighted by Gasteiger charge is 2.05. The highest BCUT2D eigenvalue weighted by Crippen LogP contribution is 2.20. The number of carbonyl (C=O) groups is 1. The van der Waals surface area contributed by atoms with E-state index in [4.69, 9.17) is 0 Å². The van der Waals surface area contributed by atoms with Gasteiger partial charge in [-0.05, 0) is 29.7 Å². The number of allylic oxidation sites excluding steroid dienone is 1. The highest BCUT2D eigenvalue weighted by molar-refractivity contribution is 5.91. The van der Waals surface area contributed by atoms with Gasteiger partial charge in [-0.15, -0.1) is 0 Å². The summed E-state index contributed by atoms with van der Waals surface area (Å²) in [4.78, 5) is 12.8. The molecule has 0 bridgehead atoms. The first-order valence-electron chi connectivity index (χ1n) is 5.08. The van der Waals surface area contributed by atoms with Crippen molar-refractivity contribution in [2.75, 3.05) is 11.9 Å². The maximum atomic E-state index is 11.1. The number of anilines is 1. The number of hydrogen-bond acceptors (Lipinski definition) is 1. The standard InChI is InChI=1S/C13H17NO/c1-5-10(2)12-6-8-13(9-7-12)14(4)11(3)15/h6-9H,2,5H2,1,3-4H3. The third kappa shape index (κ3) is 2.69. The second-order valence-corrected chi connectivity index (χ2v) is 3.58. The van der Waals surface area contributed by atoms with Gasteiger partial charge in [0.05, 0.1) is 0 Å². The van der Waals surface area contributed by atoms with E-state index < -0.39 is 0 Å². The molecule has 0 aliphatic carbocycles. The molecule has 0 spiro atoms. The lowest BCUT2D eigenvalue weighted by Crippen LogP contribution is -2.22. The van der Waals surface area contributed by atoms with E-state index in [9.17, 15) is 4.79 Å². The van der Waals surface area contributed by atoms with E-state index in [1.54, 1.807) is 18.9 Å². The number of rotatable bonds is 3. The van der Waals surface area contributed by atoms with Crippen molar-refractivity contribution in [2.45, 2.75) is 20.3 Å². The fraction of sp³-hybridized carbons (Fsp3) is 0.308. The molecule has 1 rings (SSSR count). The topological polar surface area (TPSA) is 20.3 Å². The predicted octanol–water partition coefficient (Wildman–Crippen LogP) is 3.09. The largest absolute Gasteiger partial charge is 0.316 e. The van der Waals surface area contributed by atoms with Gasteiger partial charge in [-0.3, -0.25) is 4.79 Å². The molecular weight excluding hydrogens is 186 g/mol. The Morgan fingerprint density at radius 2 is 1.87 bits per heavy atom. The van der Waals surface area contributed by atoms with Gasteiger partial charge < -0.3 is 4.90 Å². The van der Waals surface area contributed by atoms with E-state index in [1.165, 1.54) is 0 Å². The van der Waals surface area contributed by atoms with Crippen LogP contribution in [0.2, 0.25) is 0 Å². The number of nitrogens with zero attached hydrogens (tertiary/aromatic N) is 1. The van der Waals surface area contributed by atoms with Crippen molar-refractivity contribution >= 4 is 17.2 Å². The number of benzene rings is 1. The van der Waals surface area contributed by atoms with Crippen molar-refractivity contribution in [3.8, 4) is 0 Å². The van der Waals surface area contributed by atoms with Gasteiger partial charge in [0.15, 0.2) is 0 Å². The predicted molar refractivity (Wildman–Crippen MR) is 64.9 cm³/mol. The van der Waals surface area contributed by atoms with E-state index >= 15 is 0 Å². The first-order valence-corrected chi connectivity index (χ1v) is 5.08. The van der Waals surface area contributed by atoms with Crippen molar-refractivity contribution in [3.63, 3.8) is 0 Å². The van der Waals surface area contributed by atoms with E-state index in [2.05, 4.69) is 13.5 Å². The van der Waals surface area contributed by atoms with E-state index in [1.807, 2.05) is 24.3 Å². The minimum absolute atomic E-state index is 0.0390. The van der Waals surface area contributed by atoms with Gasteiger partial charge in [-0.1, -0.05) is 25.6 Å². The highest BCUT2D eigenvalue weighted by atomic mass is 16.2. The molecule has 1 amide bonds. The molecule has 0 radical (unpaired) electrons. The van der Waals surface area contributed by atoms with Crippen LogP contribution in [0.4, 0.5) is 5.69 Å². The lowest BCUT2D eigenvalue weighted by Gasteiger charge is -2.15. The number of hydrogen-bond donors (Lipinski definition) is 0. The Balaban J connectivity index is 2.90. The molecule has 0 unspecified atom stereocenters. The average molecular weight is 203 g/mol. The Labute approximate surface area is 91.2 Å². The van der Waals surface area contributed by atoms with Crippen LogP contribution in [0.1, 0.15) is 25.8 Å². The third-order valence-electron chi connectivity index (χ3n) is 2.56. The molecule has 0 saturated carbocycles. The first kappa shape index (κ1) is 11.5. The Hall–Kier alpha value is -1.57. The summed E-state index contributed by atoms with van der Waals surface area (Å²) in [6.07, 6.45) is 0.946. The van der Waals surface area contributed by atoms with Gasteiger partial charge >= 0.3 is 0 Å². The molecular formula is C13H17NO. The van der Waals surface area contributed by atoms with Crippen molar-refractivity contribution < 1.29 is 4.79 Å². The van der Waals surface area contributed by atoms with Crippen molar-refractivity contribution in [3.05, 3.63) is 36.4 Å². The minimum atomic E-state index is 0.0390. The Bertz CT molecular complexity index is 365. The minimum Gasteiger partial charge on any atom is -0.316 e. The fourth-order valence-corrected chi connectivity index (χ4v) is 1.31. The summed E-state index contributed by atoms with van der Waals surface area (Å²) >= 11 is 0. The zero-order chi connectivity index (χ0) is 11.4. The van der Waals surface area contributed by atoms with Crippen LogP contribution >= 0.6 is 0 Å². The maximum Gasteiger partial charge on any atom is 0.223 e. The van der Waals surface area contributed by atoms with Crippen LogP contribution in [0.15, 0.2) is 30.8 Å². The van der Waals surface area contributed by atoms with Gasteiger partial charge in [0.25, 0.3) is 0 Å². The Kier molecular flexibility index (Phi) is 3.67. The molecule has 0 heterocycles. The average Bonchev–Trinajstić information content (AvgIpc) is 2.27. The summed E-state index contributed by atoms with van der Waals surface area (Å²) in [5.74, 6) is 0.0390. The SMILES string of the molecule is C=C(CC)c1ccc(N(C)C(C)=O)cc1. The van der Waals surface area contributed by atoms with Crippen LogP contribution in [0, 0.1) is 0 Å². The second kappa shape index (κ2) is 4.78. The van der Waals surface area contributed by atoms with Crippen LogP contribution < -0.4 is 4.90 Å². The molecule has 0 aliphatic heterocycles. The van der Waals surface area contributed by atoms with Crippen molar-refractivity contribution in [1.82, 2.24) is 0 Å².